The van der Waals surface area contributed by atoms with Crippen molar-refractivity contribution in [3.8, 4) is 5.75 Å². The second-order valence-electron chi connectivity index (χ2n) is 7.00. The number of benzene rings is 1. The normalized spacial score (nSPS) is 13.6. The van der Waals surface area contributed by atoms with Gasteiger partial charge in [-0.2, -0.15) is 0 Å². The van der Waals surface area contributed by atoms with Gasteiger partial charge in [-0.05, 0) is 49.2 Å². The summed E-state index contributed by atoms with van der Waals surface area (Å²) in [6.07, 6.45) is 2.85. The number of methoxy groups -OCH3 is 1. The summed E-state index contributed by atoms with van der Waals surface area (Å²) in [5, 5.41) is 3.49. The minimum absolute atomic E-state index is 0.249. The number of hydrogen-bond acceptors (Lipinski definition) is 6. The third-order valence-corrected chi connectivity index (χ3v) is 6.22. The summed E-state index contributed by atoms with van der Waals surface area (Å²) < 4.78 is 10.6. The van der Waals surface area contributed by atoms with E-state index in [1.165, 1.54) is 18.4 Å². The molecule has 0 saturated heterocycles. The fourth-order valence-electron chi connectivity index (χ4n) is 3.34. The van der Waals surface area contributed by atoms with Crippen molar-refractivity contribution < 1.29 is 19.1 Å². The van der Waals surface area contributed by atoms with Crippen LogP contribution in [0.25, 0.3) is 0 Å². The number of nitrogens with one attached hydrogen (secondary N) is 1. The topological polar surface area (TPSA) is 67.9 Å². The second-order valence-corrected chi connectivity index (χ2v) is 8.10. The average molecular weight is 417 g/mol. The standard InChI is InChI=1S/C22H28N2O4S/c1-4-6-13-28-16-9-7-15(8-10-16)20(25)23-21-19(22(26)27-3)17-11-12-24(5-2)14-18(17)29-21/h7-10H,4-6,11-14H2,1-3H3,(H,23,25). The second kappa shape index (κ2) is 9.89. The smallest absolute Gasteiger partial charge is 0.341 e. The fraction of sp³-hybridized carbons (Fsp3) is 0.455. The van der Waals surface area contributed by atoms with Gasteiger partial charge in [0.25, 0.3) is 5.91 Å². The molecule has 1 aromatic heterocycles. The number of likely N-dealkylation sites (N-methyl/N-ethyl adjacent to an activating group) is 1. The molecular weight excluding hydrogens is 388 g/mol. The number of carbonyl (C=O) groups excluding carboxylic acids is 2. The summed E-state index contributed by atoms with van der Waals surface area (Å²) in [5.74, 6) is 0.0973. The van der Waals surface area contributed by atoms with Crippen molar-refractivity contribution in [2.24, 2.45) is 0 Å². The molecule has 1 aliphatic rings. The Morgan fingerprint density at radius 1 is 1.21 bits per heavy atom. The van der Waals surface area contributed by atoms with E-state index in [-0.39, 0.29) is 5.91 Å². The van der Waals surface area contributed by atoms with E-state index in [4.69, 9.17) is 9.47 Å². The number of fused-ring (bicyclic) bond motifs is 1. The van der Waals surface area contributed by atoms with E-state index in [1.54, 1.807) is 24.3 Å². The molecule has 6 nitrogen and oxygen atoms in total. The molecule has 0 spiro atoms. The van der Waals surface area contributed by atoms with Gasteiger partial charge in [-0.3, -0.25) is 9.69 Å². The maximum absolute atomic E-state index is 12.8. The molecule has 0 atom stereocenters. The molecule has 2 aromatic rings. The van der Waals surface area contributed by atoms with Crippen LogP contribution in [0.4, 0.5) is 5.00 Å². The van der Waals surface area contributed by atoms with Gasteiger partial charge in [-0.1, -0.05) is 20.3 Å². The van der Waals surface area contributed by atoms with Crippen molar-refractivity contribution >= 4 is 28.2 Å². The number of amides is 1. The zero-order chi connectivity index (χ0) is 20.8. The monoisotopic (exact) mass is 416 g/mol. The maximum Gasteiger partial charge on any atom is 0.341 e. The summed E-state index contributed by atoms with van der Waals surface area (Å²) in [5.41, 5.74) is 2.02. The maximum atomic E-state index is 12.8. The zero-order valence-corrected chi connectivity index (χ0v) is 18.1. The van der Waals surface area contributed by atoms with Gasteiger partial charge < -0.3 is 14.8 Å². The third-order valence-electron chi connectivity index (χ3n) is 5.08. The lowest BCUT2D eigenvalue weighted by atomic mass is 10.0. The van der Waals surface area contributed by atoms with Crippen LogP contribution in [0, 0.1) is 0 Å². The van der Waals surface area contributed by atoms with Crippen molar-refractivity contribution in [1.29, 1.82) is 0 Å². The minimum Gasteiger partial charge on any atom is -0.494 e. The highest BCUT2D eigenvalue weighted by atomic mass is 32.1. The molecule has 29 heavy (non-hydrogen) atoms. The SMILES string of the molecule is CCCCOc1ccc(C(=O)Nc2sc3c(c2C(=O)OC)CCN(CC)C3)cc1. The Morgan fingerprint density at radius 2 is 1.97 bits per heavy atom. The highest BCUT2D eigenvalue weighted by molar-refractivity contribution is 7.17. The number of carbonyl (C=O) groups is 2. The number of nitrogens with zero attached hydrogens (tertiary/aromatic N) is 1. The van der Waals surface area contributed by atoms with Gasteiger partial charge in [-0.15, -0.1) is 11.3 Å². The third kappa shape index (κ3) is 4.97. The summed E-state index contributed by atoms with van der Waals surface area (Å²) in [7, 11) is 1.37. The molecule has 3 rings (SSSR count). The Labute approximate surface area is 175 Å². The molecule has 1 aromatic carbocycles. The summed E-state index contributed by atoms with van der Waals surface area (Å²) >= 11 is 1.47. The first-order valence-electron chi connectivity index (χ1n) is 10.1. The molecule has 0 saturated carbocycles. The van der Waals surface area contributed by atoms with Crippen LogP contribution >= 0.6 is 11.3 Å². The van der Waals surface area contributed by atoms with E-state index >= 15 is 0 Å². The van der Waals surface area contributed by atoms with Crippen LogP contribution in [-0.4, -0.2) is 43.6 Å². The molecular formula is C22H28N2O4S. The lowest BCUT2D eigenvalue weighted by molar-refractivity contribution is 0.0600. The number of rotatable bonds is 8. The summed E-state index contributed by atoms with van der Waals surface area (Å²) in [6.45, 7) is 7.55. The van der Waals surface area contributed by atoms with Crippen LogP contribution in [-0.2, 0) is 17.7 Å². The van der Waals surface area contributed by atoms with E-state index in [2.05, 4.69) is 24.1 Å². The van der Waals surface area contributed by atoms with E-state index in [0.29, 0.717) is 22.7 Å². The van der Waals surface area contributed by atoms with Crippen LogP contribution < -0.4 is 10.1 Å². The van der Waals surface area contributed by atoms with Crippen molar-refractivity contribution in [1.82, 2.24) is 4.90 Å². The molecule has 0 unspecified atom stereocenters. The van der Waals surface area contributed by atoms with E-state index in [9.17, 15) is 9.59 Å². The van der Waals surface area contributed by atoms with Crippen molar-refractivity contribution in [3.05, 3.63) is 45.8 Å². The fourth-order valence-corrected chi connectivity index (χ4v) is 4.62. The molecule has 2 heterocycles. The summed E-state index contributed by atoms with van der Waals surface area (Å²) in [4.78, 5) is 28.6. The number of esters is 1. The highest BCUT2D eigenvalue weighted by Gasteiger charge is 2.29. The van der Waals surface area contributed by atoms with Gasteiger partial charge in [0.05, 0.1) is 19.3 Å². The lowest BCUT2D eigenvalue weighted by Gasteiger charge is -2.25. The van der Waals surface area contributed by atoms with Crippen molar-refractivity contribution in [3.63, 3.8) is 0 Å². The van der Waals surface area contributed by atoms with E-state index < -0.39 is 5.97 Å². The molecule has 1 N–H and O–H groups in total. The Balaban J connectivity index is 1.77. The Bertz CT molecular complexity index is 860. The van der Waals surface area contributed by atoms with Crippen LogP contribution in [0.3, 0.4) is 0 Å². The van der Waals surface area contributed by atoms with Crippen molar-refractivity contribution in [2.45, 2.75) is 39.7 Å². The number of anilines is 1. The largest absolute Gasteiger partial charge is 0.494 e. The van der Waals surface area contributed by atoms with Gasteiger partial charge >= 0.3 is 5.97 Å². The molecule has 0 bridgehead atoms. The van der Waals surface area contributed by atoms with Gasteiger partial charge in [0.2, 0.25) is 0 Å². The highest BCUT2D eigenvalue weighted by Crippen LogP contribution is 2.37. The quantitative estimate of drug-likeness (QED) is 0.512. The van der Waals surface area contributed by atoms with E-state index in [1.807, 2.05) is 0 Å². The molecule has 7 heteroatoms. The van der Waals surface area contributed by atoms with Crippen LogP contribution in [0.15, 0.2) is 24.3 Å². The minimum atomic E-state index is -0.401. The van der Waals surface area contributed by atoms with Crippen LogP contribution in [0.1, 0.15) is 57.8 Å². The number of thiophene rings is 1. The number of hydrogen-bond donors (Lipinski definition) is 1. The molecule has 1 amide bonds. The first-order valence-corrected chi connectivity index (χ1v) is 10.9. The molecule has 1 aliphatic heterocycles. The predicted octanol–water partition coefficient (Wildman–Crippen LogP) is 4.34. The van der Waals surface area contributed by atoms with Gasteiger partial charge in [0, 0.05) is 23.5 Å². The summed E-state index contributed by atoms with van der Waals surface area (Å²) in [6, 6.07) is 7.07. The first-order chi connectivity index (χ1) is 14.1. The number of unbranched alkanes of at least 4 members (excludes halogenated alkanes) is 1. The molecule has 0 aliphatic carbocycles. The molecule has 0 radical (unpaired) electrons. The van der Waals surface area contributed by atoms with Crippen LogP contribution in [0.2, 0.25) is 0 Å². The first kappa shape index (κ1) is 21.3. The van der Waals surface area contributed by atoms with Crippen LogP contribution in [0.5, 0.6) is 5.75 Å². The molecule has 0 fully saturated rings. The van der Waals surface area contributed by atoms with Gasteiger partial charge in [0.1, 0.15) is 10.8 Å². The van der Waals surface area contributed by atoms with Gasteiger partial charge in [0.15, 0.2) is 0 Å². The lowest BCUT2D eigenvalue weighted by Crippen LogP contribution is -2.29. The number of ether oxygens (including phenoxy) is 2. The Hall–Kier alpha value is -2.38. The predicted molar refractivity (Wildman–Crippen MR) is 115 cm³/mol. The average Bonchev–Trinajstić information content (AvgIpc) is 3.10. The Morgan fingerprint density at radius 3 is 2.62 bits per heavy atom. The van der Waals surface area contributed by atoms with Crippen molar-refractivity contribution in [2.75, 3.05) is 32.1 Å². The van der Waals surface area contributed by atoms with Gasteiger partial charge in [-0.25, -0.2) is 4.79 Å². The zero-order valence-electron chi connectivity index (χ0n) is 17.2. The van der Waals surface area contributed by atoms with E-state index in [0.717, 1.165) is 55.1 Å². The molecule has 156 valence electrons. The Kier molecular flexibility index (Phi) is 7.28.